The summed E-state index contributed by atoms with van der Waals surface area (Å²) >= 11 is 0. The summed E-state index contributed by atoms with van der Waals surface area (Å²) in [5.74, 6) is 4.41. The molecule has 0 saturated carbocycles. The standard InChI is InChI=1S/C15H14FNO3/c16-13-5-4-11(9-12(13)3-1-2-8-18)10-17-14(19)6-7-15(17)20/h4-5,9,18H,2,6-8,10H2. The van der Waals surface area contributed by atoms with Gasteiger partial charge in [0, 0.05) is 19.3 Å². The van der Waals surface area contributed by atoms with Gasteiger partial charge >= 0.3 is 0 Å². The van der Waals surface area contributed by atoms with Crippen LogP contribution in [0, 0.1) is 17.7 Å². The predicted molar refractivity (Wildman–Crippen MR) is 69.8 cm³/mol. The zero-order chi connectivity index (χ0) is 14.5. The first-order valence-electron chi connectivity index (χ1n) is 6.33. The van der Waals surface area contributed by atoms with Crippen LogP contribution in [0.4, 0.5) is 4.39 Å². The number of imide groups is 1. The molecule has 1 aromatic carbocycles. The van der Waals surface area contributed by atoms with Gasteiger partial charge in [-0.3, -0.25) is 14.5 Å². The van der Waals surface area contributed by atoms with Crippen LogP contribution in [0.3, 0.4) is 0 Å². The molecule has 1 heterocycles. The molecule has 104 valence electrons. The highest BCUT2D eigenvalue weighted by Crippen LogP contribution is 2.17. The van der Waals surface area contributed by atoms with Gasteiger partial charge in [0.2, 0.25) is 11.8 Å². The Labute approximate surface area is 116 Å². The number of aliphatic hydroxyl groups excluding tert-OH is 1. The van der Waals surface area contributed by atoms with Crippen molar-refractivity contribution in [2.75, 3.05) is 6.61 Å². The van der Waals surface area contributed by atoms with Crippen molar-refractivity contribution >= 4 is 11.8 Å². The fourth-order valence-corrected chi connectivity index (χ4v) is 1.96. The second-order valence-electron chi connectivity index (χ2n) is 4.46. The van der Waals surface area contributed by atoms with Gasteiger partial charge in [0.1, 0.15) is 5.82 Å². The first-order valence-corrected chi connectivity index (χ1v) is 6.33. The minimum Gasteiger partial charge on any atom is -0.395 e. The van der Waals surface area contributed by atoms with Crippen LogP contribution in [0.15, 0.2) is 18.2 Å². The van der Waals surface area contributed by atoms with Crippen molar-refractivity contribution in [3.8, 4) is 11.8 Å². The van der Waals surface area contributed by atoms with Crippen LogP contribution in [0.1, 0.15) is 30.4 Å². The Balaban J connectivity index is 2.17. The van der Waals surface area contributed by atoms with Gasteiger partial charge in [-0.1, -0.05) is 17.9 Å². The minimum absolute atomic E-state index is 0.0783. The summed E-state index contributed by atoms with van der Waals surface area (Å²) in [6.07, 6.45) is 0.749. The van der Waals surface area contributed by atoms with Gasteiger partial charge in [0.25, 0.3) is 0 Å². The summed E-state index contributed by atoms with van der Waals surface area (Å²) < 4.78 is 13.6. The molecule has 0 aliphatic carbocycles. The van der Waals surface area contributed by atoms with E-state index < -0.39 is 5.82 Å². The summed E-state index contributed by atoms with van der Waals surface area (Å²) in [5.41, 5.74) is 0.860. The molecule has 0 atom stereocenters. The number of aliphatic hydroxyl groups is 1. The summed E-state index contributed by atoms with van der Waals surface area (Å²) in [5, 5.41) is 8.64. The number of likely N-dealkylation sites (tertiary alicyclic amines) is 1. The number of rotatable bonds is 3. The van der Waals surface area contributed by atoms with Crippen LogP contribution in [0.25, 0.3) is 0 Å². The third kappa shape index (κ3) is 3.22. The van der Waals surface area contributed by atoms with E-state index in [2.05, 4.69) is 11.8 Å². The van der Waals surface area contributed by atoms with Crippen LogP contribution in [-0.2, 0) is 16.1 Å². The SMILES string of the molecule is O=C1CCC(=O)N1Cc1ccc(F)c(C#CCCO)c1. The van der Waals surface area contributed by atoms with Gasteiger partial charge in [-0.05, 0) is 17.7 Å². The Hall–Kier alpha value is -2.19. The Morgan fingerprint density at radius 3 is 2.60 bits per heavy atom. The van der Waals surface area contributed by atoms with Gasteiger partial charge in [0.15, 0.2) is 0 Å². The van der Waals surface area contributed by atoms with E-state index in [1.165, 1.54) is 23.1 Å². The summed E-state index contributed by atoms with van der Waals surface area (Å²) in [4.78, 5) is 24.2. The zero-order valence-electron chi connectivity index (χ0n) is 10.9. The Morgan fingerprint density at radius 2 is 1.95 bits per heavy atom. The average Bonchev–Trinajstić information content (AvgIpc) is 2.74. The third-order valence-electron chi connectivity index (χ3n) is 2.99. The van der Waals surface area contributed by atoms with Crippen molar-refractivity contribution in [2.45, 2.75) is 25.8 Å². The molecule has 0 radical (unpaired) electrons. The molecular weight excluding hydrogens is 261 g/mol. The number of carbonyl (C=O) groups excluding carboxylic acids is 2. The molecule has 1 aromatic rings. The molecular formula is C15H14FNO3. The third-order valence-corrected chi connectivity index (χ3v) is 2.99. The van der Waals surface area contributed by atoms with E-state index in [1.54, 1.807) is 0 Å². The molecule has 4 nitrogen and oxygen atoms in total. The zero-order valence-corrected chi connectivity index (χ0v) is 10.9. The van der Waals surface area contributed by atoms with Crippen LogP contribution in [-0.4, -0.2) is 28.4 Å². The number of benzene rings is 1. The van der Waals surface area contributed by atoms with E-state index in [9.17, 15) is 14.0 Å². The number of hydrogen-bond donors (Lipinski definition) is 1. The molecule has 2 rings (SSSR count). The lowest BCUT2D eigenvalue weighted by Crippen LogP contribution is -2.28. The molecule has 0 spiro atoms. The van der Waals surface area contributed by atoms with Crippen LogP contribution in [0.2, 0.25) is 0 Å². The summed E-state index contributed by atoms with van der Waals surface area (Å²) in [7, 11) is 0. The quantitative estimate of drug-likeness (QED) is 0.666. The maximum absolute atomic E-state index is 13.6. The molecule has 0 aromatic heterocycles. The van der Waals surface area contributed by atoms with E-state index >= 15 is 0 Å². The highest BCUT2D eigenvalue weighted by atomic mass is 19.1. The van der Waals surface area contributed by atoms with Crippen molar-refractivity contribution in [1.29, 1.82) is 0 Å². The number of amides is 2. The molecule has 0 unspecified atom stereocenters. The Morgan fingerprint density at radius 1 is 1.25 bits per heavy atom. The second-order valence-corrected chi connectivity index (χ2v) is 4.46. The Kier molecular flexibility index (Phi) is 4.49. The smallest absolute Gasteiger partial charge is 0.229 e. The summed E-state index contributed by atoms with van der Waals surface area (Å²) in [6.45, 7) is 0.0672. The van der Waals surface area contributed by atoms with Crippen LogP contribution in [0.5, 0.6) is 0 Å². The molecule has 5 heteroatoms. The number of halogens is 1. The van der Waals surface area contributed by atoms with Crippen molar-refractivity contribution in [3.63, 3.8) is 0 Å². The van der Waals surface area contributed by atoms with Gasteiger partial charge in [-0.15, -0.1) is 0 Å². The maximum Gasteiger partial charge on any atom is 0.229 e. The fraction of sp³-hybridized carbons (Fsp3) is 0.333. The molecule has 1 aliphatic rings. The highest BCUT2D eigenvalue weighted by molar-refractivity contribution is 6.01. The second kappa shape index (κ2) is 6.31. The number of hydrogen-bond acceptors (Lipinski definition) is 3. The number of nitrogens with zero attached hydrogens (tertiary/aromatic N) is 1. The van der Waals surface area contributed by atoms with Crippen molar-refractivity contribution in [2.24, 2.45) is 0 Å². The van der Waals surface area contributed by atoms with E-state index in [0.717, 1.165) is 0 Å². The first kappa shape index (κ1) is 14.2. The monoisotopic (exact) mass is 275 g/mol. The lowest BCUT2D eigenvalue weighted by molar-refractivity contribution is -0.139. The van der Waals surface area contributed by atoms with Crippen molar-refractivity contribution in [1.82, 2.24) is 4.90 Å². The molecule has 1 fully saturated rings. The molecule has 20 heavy (non-hydrogen) atoms. The fourth-order valence-electron chi connectivity index (χ4n) is 1.96. The van der Waals surface area contributed by atoms with E-state index in [0.29, 0.717) is 5.56 Å². The lowest BCUT2D eigenvalue weighted by atomic mass is 10.1. The first-order chi connectivity index (χ1) is 9.61. The molecule has 1 N–H and O–H groups in total. The van der Waals surface area contributed by atoms with Gasteiger partial charge in [-0.2, -0.15) is 0 Å². The minimum atomic E-state index is -0.460. The van der Waals surface area contributed by atoms with Gasteiger partial charge < -0.3 is 5.11 Å². The summed E-state index contributed by atoms with van der Waals surface area (Å²) in [6, 6.07) is 4.33. The van der Waals surface area contributed by atoms with Gasteiger partial charge in [0.05, 0.1) is 18.7 Å². The molecule has 2 amide bonds. The molecule has 1 aliphatic heterocycles. The van der Waals surface area contributed by atoms with E-state index in [-0.39, 0.29) is 49.8 Å². The molecule has 0 bridgehead atoms. The predicted octanol–water partition coefficient (Wildman–Crippen LogP) is 1.21. The topological polar surface area (TPSA) is 57.6 Å². The molecule has 1 saturated heterocycles. The number of carbonyl (C=O) groups is 2. The highest BCUT2D eigenvalue weighted by Gasteiger charge is 2.28. The van der Waals surface area contributed by atoms with Gasteiger partial charge in [-0.25, -0.2) is 4.39 Å². The van der Waals surface area contributed by atoms with E-state index in [1.807, 2.05) is 0 Å². The maximum atomic E-state index is 13.6. The Bertz CT molecular complexity index is 585. The van der Waals surface area contributed by atoms with Crippen molar-refractivity contribution in [3.05, 3.63) is 35.1 Å². The van der Waals surface area contributed by atoms with Crippen LogP contribution < -0.4 is 0 Å². The average molecular weight is 275 g/mol. The van der Waals surface area contributed by atoms with E-state index in [4.69, 9.17) is 5.11 Å². The van der Waals surface area contributed by atoms with Crippen molar-refractivity contribution < 1.29 is 19.1 Å². The normalized spacial score (nSPS) is 14.4. The largest absolute Gasteiger partial charge is 0.395 e. The lowest BCUT2D eigenvalue weighted by Gasteiger charge is -2.13. The van der Waals surface area contributed by atoms with Crippen LogP contribution >= 0.6 is 0 Å².